The average Bonchev–Trinajstić information content (AvgIpc) is 3.09. The molecule has 0 aliphatic heterocycles. The second-order valence-electron chi connectivity index (χ2n) is 5.93. The van der Waals surface area contributed by atoms with Gasteiger partial charge in [-0.3, -0.25) is 9.59 Å². The number of anilines is 2. The number of amides is 1. The molecule has 0 aliphatic carbocycles. The van der Waals surface area contributed by atoms with E-state index in [0.29, 0.717) is 21.4 Å². The molecule has 1 amide bonds. The molecular formula is C20H18ClN3O3S. The van der Waals surface area contributed by atoms with E-state index >= 15 is 0 Å². The number of rotatable bonds is 7. The van der Waals surface area contributed by atoms with Crippen LogP contribution >= 0.6 is 22.9 Å². The second kappa shape index (κ2) is 8.86. The smallest absolute Gasteiger partial charge is 0.322 e. The first kappa shape index (κ1) is 19.9. The van der Waals surface area contributed by atoms with Crippen LogP contribution in [0, 0.1) is 0 Å². The summed E-state index contributed by atoms with van der Waals surface area (Å²) in [4.78, 5) is 28.5. The predicted molar refractivity (Wildman–Crippen MR) is 112 cm³/mol. The Bertz CT molecular complexity index is 1000. The fourth-order valence-corrected chi connectivity index (χ4v) is 3.67. The largest absolute Gasteiger partial charge is 0.480 e. The van der Waals surface area contributed by atoms with E-state index in [4.69, 9.17) is 21.7 Å². The summed E-state index contributed by atoms with van der Waals surface area (Å²) in [6, 6.07) is 14.4. The summed E-state index contributed by atoms with van der Waals surface area (Å²) in [5, 5.41) is 15.6. The van der Waals surface area contributed by atoms with Crippen LogP contribution < -0.4 is 10.6 Å². The molecule has 0 unspecified atom stereocenters. The van der Waals surface area contributed by atoms with E-state index in [-0.39, 0.29) is 0 Å². The van der Waals surface area contributed by atoms with E-state index in [2.05, 4.69) is 17.6 Å². The molecule has 8 heteroatoms. The summed E-state index contributed by atoms with van der Waals surface area (Å²) in [6.07, 6.45) is 0.842. The molecule has 3 rings (SSSR count). The number of aryl methyl sites for hydroxylation is 1. The third-order valence-corrected chi connectivity index (χ3v) is 5.28. The van der Waals surface area contributed by atoms with Crippen molar-refractivity contribution in [2.24, 2.45) is 0 Å². The van der Waals surface area contributed by atoms with Crippen molar-refractivity contribution in [1.82, 2.24) is 10.3 Å². The van der Waals surface area contributed by atoms with E-state index in [9.17, 15) is 9.59 Å². The Morgan fingerprint density at radius 1 is 1.18 bits per heavy atom. The van der Waals surface area contributed by atoms with Gasteiger partial charge in [-0.15, -0.1) is 11.3 Å². The first-order valence-corrected chi connectivity index (χ1v) is 9.78. The number of halogens is 1. The Kier molecular flexibility index (Phi) is 6.28. The highest BCUT2D eigenvalue weighted by Crippen LogP contribution is 2.33. The lowest BCUT2D eigenvalue weighted by Gasteiger charge is -2.06. The van der Waals surface area contributed by atoms with Crippen molar-refractivity contribution in [2.75, 3.05) is 11.9 Å². The monoisotopic (exact) mass is 415 g/mol. The number of aromatic nitrogens is 1. The Morgan fingerprint density at radius 2 is 1.93 bits per heavy atom. The minimum absolute atomic E-state index is 0.372. The van der Waals surface area contributed by atoms with E-state index in [0.717, 1.165) is 22.6 Å². The summed E-state index contributed by atoms with van der Waals surface area (Å²) in [5.41, 5.74) is 2.97. The molecule has 0 radical (unpaired) electrons. The zero-order valence-corrected chi connectivity index (χ0v) is 16.6. The molecule has 0 atom stereocenters. The number of carboxylic acid groups (broad SMARTS) is 1. The van der Waals surface area contributed by atoms with Gasteiger partial charge in [-0.05, 0) is 36.8 Å². The van der Waals surface area contributed by atoms with Crippen molar-refractivity contribution in [2.45, 2.75) is 13.3 Å². The summed E-state index contributed by atoms with van der Waals surface area (Å²) in [6.45, 7) is 1.65. The Balaban J connectivity index is 1.80. The summed E-state index contributed by atoms with van der Waals surface area (Å²) >= 11 is 7.52. The number of carbonyl (C=O) groups excluding carboxylic acids is 1. The number of hydrogen-bond donors (Lipinski definition) is 3. The van der Waals surface area contributed by atoms with Crippen LogP contribution in [-0.2, 0) is 11.2 Å². The Hall–Kier alpha value is -2.90. The molecule has 144 valence electrons. The molecule has 1 heterocycles. The molecule has 6 nitrogen and oxygen atoms in total. The maximum absolute atomic E-state index is 12.0. The minimum Gasteiger partial charge on any atom is -0.480 e. The predicted octanol–water partition coefficient (Wildman–Crippen LogP) is 4.58. The van der Waals surface area contributed by atoms with Crippen LogP contribution in [0.2, 0.25) is 5.02 Å². The van der Waals surface area contributed by atoms with Crippen molar-refractivity contribution in [3.63, 3.8) is 0 Å². The zero-order chi connectivity index (χ0) is 20.1. The molecular weight excluding hydrogens is 398 g/mol. The van der Waals surface area contributed by atoms with Gasteiger partial charge >= 0.3 is 5.97 Å². The lowest BCUT2D eigenvalue weighted by Crippen LogP contribution is -2.29. The fourth-order valence-electron chi connectivity index (χ4n) is 2.60. The highest BCUT2D eigenvalue weighted by atomic mass is 35.5. The van der Waals surface area contributed by atoms with Gasteiger partial charge in [0.15, 0.2) is 5.13 Å². The first-order valence-electron chi connectivity index (χ1n) is 8.59. The quantitative estimate of drug-likeness (QED) is 0.525. The van der Waals surface area contributed by atoms with Crippen LogP contribution in [0.3, 0.4) is 0 Å². The average molecular weight is 416 g/mol. The summed E-state index contributed by atoms with van der Waals surface area (Å²) in [7, 11) is 0. The second-order valence-corrected chi connectivity index (χ2v) is 7.45. The van der Waals surface area contributed by atoms with E-state index in [1.165, 1.54) is 0 Å². The maximum atomic E-state index is 12.0. The molecule has 3 N–H and O–H groups in total. The van der Waals surface area contributed by atoms with E-state index in [1.807, 2.05) is 30.3 Å². The van der Waals surface area contributed by atoms with Crippen LogP contribution in [0.4, 0.5) is 10.8 Å². The number of carboxylic acids is 1. The Morgan fingerprint density at radius 3 is 2.61 bits per heavy atom. The lowest BCUT2D eigenvalue weighted by atomic mass is 10.1. The summed E-state index contributed by atoms with van der Waals surface area (Å²) < 4.78 is 0. The van der Waals surface area contributed by atoms with Crippen LogP contribution in [-0.4, -0.2) is 28.5 Å². The van der Waals surface area contributed by atoms with Crippen LogP contribution in [0.1, 0.15) is 22.2 Å². The molecule has 28 heavy (non-hydrogen) atoms. The molecule has 3 aromatic rings. The van der Waals surface area contributed by atoms with Crippen molar-refractivity contribution in [1.29, 1.82) is 0 Å². The maximum Gasteiger partial charge on any atom is 0.322 e. The number of benzene rings is 2. The molecule has 0 saturated heterocycles. The number of nitrogens with one attached hydrogen (secondary N) is 2. The van der Waals surface area contributed by atoms with Gasteiger partial charge in [-0.25, -0.2) is 4.98 Å². The van der Waals surface area contributed by atoms with Crippen LogP contribution in [0.25, 0.3) is 11.3 Å². The fraction of sp³-hybridized carbons (Fsp3) is 0.150. The number of carbonyl (C=O) groups is 2. The van der Waals surface area contributed by atoms with Gasteiger partial charge in [0.05, 0.1) is 5.69 Å². The van der Waals surface area contributed by atoms with Crippen molar-refractivity contribution < 1.29 is 14.7 Å². The third-order valence-electron chi connectivity index (χ3n) is 3.91. The molecule has 0 bridgehead atoms. The highest BCUT2D eigenvalue weighted by molar-refractivity contribution is 7.16. The van der Waals surface area contributed by atoms with E-state index < -0.39 is 18.4 Å². The number of thiazole rings is 1. The van der Waals surface area contributed by atoms with Crippen LogP contribution in [0.5, 0.6) is 0 Å². The number of hydrogen-bond acceptors (Lipinski definition) is 5. The molecule has 0 aliphatic rings. The lowest BCUT2D eigenvalue weighted by molar-refractivity contribution is -0.135. The minimum atomic E-state index is -1.09. The van der Waals surface area contributed by atoms with Gasteiger partial charge in [-0.2, -0.15) is 0 Å². The van der Waals surface area contributed by atoms with Gasteiger partial charge < -0.3 is 15.7 Å². The number of aliphatic carboxylic acids is 1. The van der Waals surface area contributed by atoms with Crippen molar-refractivity contribution in [3.05, 3.63) is 64.0 Å². The van der Waals surface area contributed by atoms with Gasteiger partial charge in [0.1, 0.15) is 6.54 Å². The van der Waals surface area contributed by atoms with Gasteiger partial charge in [-0.1, -0.05) is 36.7 Å². The summed E-state index contributed by atoms with van der Waals surface area (Å²) in [5.74, 6) is -1.53. The van der Waals surface area contributed by atoms with E-state index in [1.54, 1.807) is 29.5 Å². The molecule has 1 aromatic heterocycles. The van der Waals surface area contributed by atoms with Gasteiger partial charge in [0.2, 0.25) is 0 Å². The van der Waals surface area contributed by atoms with Crippen LogP contribution in [0.15, 0.2) is 48.5 Å². The SMILES string of the molecule is CCc1sc(Nc2cccc(C(=O)NCC(=O)O)c2)nc1-c1ccc(Cl)cc1. The molecule has 2 aromatic carbocycles. The van der Waals surface area contributed by atoms with Gasteiger partial charge in [0, 0.05) is 26.7 Å². The van der Waals surface area contributed by atoms with Crippen molar-refractivity contribution in [3.8, 4) is 11.3 Å². The van der Waals surface area contributed by atoms with Crippen molar-refractivity contribution >= 4 is 45.6 Å². The normalized spacial score (nSPS) is 10.5. The number of nitrogens with zero attached hydrogens (tertiary/aromatic N) is 1. The first-order chi connectivity index (χ1) is 13.5. The molecule has 0 fully saturated rings. The van der Waals surface area contributed by atoms with Gasteiger partial charge in [0.25, 0.3) is 5.91 Å². The molecule has 0 spiro atoms. The topological polar surface area (TPSA) is 91.3 Å². The standard InChI is InChI=1S/C20H18ClN3O3S/c1-2-16-18(12-6-8-14(21)9-7-12)24-20(28-16)23-15-5-3-4-13(10-15)19(27)22-11-17(25)26/h3-10H,2,11H2,1H3,(H,22,27)(H,23,24)(H,25,26). The zero-order valence-electron chi connectivity index (χ0n) is 15.0. The highest BCUT2D eigenvalue weighted by Gasteiger charge is 2.13. The Labute approximate surface area is 171 Å². The third kappa shape index (κ3) is 4.88. The molecule has 0 saturated carbocycles.